The summed E-state index contributed by atoms with van der Waals surface area (Å²) in [6.07, 6.45) is 0. The van der Waals surface area contributed by atoms with Gasteiger partial charge in [0.05, 0.1) is 11.1 Å². The molecule has 4 nitrogen and oxygen atoms in total. The van der Waals surface area contributed by atoms with Gasteiger partial charge in [-0.25, -0.2) is 9.59 Å². The zero-order valence-corrected chi connectivity index (χ0v) is 8.91. The molecule has 80 valence electrons. The molecule has 0 spiro atoms. The molecule has 1 aromatic rings. The highest BCUT2D eigenvalue weighted by atomic mass is 32.1. The SMILES string of the molecule is Cc1c(C(=O)O)cc(CS)cc1C(=O)O. The van der Waals surface area contributed by atoms with Gasteiger partial charge in [-0.05, 0) is 30.2 Å². The van der Waals surface area contributed by atoms with Gasteiger partial charge < -0.3 is 10.2 Å². The van der Waals surface area contributed by atoms with Crippen LogP contribution in [0.1, 0.15) is 31.8 Å². The van der Waals surface area contributed by atoms with E-state index in [0.717, 1.165) is 0 Å². The number of hydrogen-bond donors (Lipinski definition) is 3. The number of benzene rings is 1. The first kappa shape index (κ1) is 11.6. The molecule has 0 aromatic heterocycles. The van der Waals surface area contributed by atoms with E-state index >= 15 is 0 Å². The third-order valence-electron chi connectivity index (χ3n) is 2.11. The molecule has 0 unspecified atom stereocenters. The molecule has 1 rings (SSSR count). The highest BCUT2D eigenvalue weighted by Gasteiger charge is 2.16. The fraction of sp³-hybridized carbons (Fsp3) is 0.200. The number of aromatic carboxylic acids is 2. The molecule has 0 aliphatic heterocycles. The van der Waals surface area contributed by atoms with Crippen molar-refractivity contribution < 1.29 is 19.8 Å². The molecule has 0 atom stereocenters. The Kier molecular flexibility index (Phi) is 3.36. The number of thiol groups is 1. The maximum Gasteiger partial charge on any atom is 0.335 e. The predicted octanol–water partition coefficient (Wildman–Crippen LogP) is 1.82. The molecule has 1 aromatic carbocycles. The highest BCUT2D eigenvalue weighted by molar-refractivity contribution is 7.79. The van der Waals surface area contributed by atoms with E-state index in [0.29, 0.717) is 11.3 Å². The number of rotatable bonds is 3. The zero-order chi connectivity index (χ0) is 11.6. The molecular weight excluding hydrogens is 216 g/mol. The summed E-state index contributed by atoms with van der Waals surface area (Å²) in [6, 6.07) is 2.88. The van der Waals surface area contributed by atoms with Gasteiger partial charge in [0, 0.05) is 5.75 Å². The molecule has 2 N–H and O–H groups in total. The predicted molar refractivity (Wildman–Crippen MR) is 57.8 cm³/mol. The lowest BCUT2D eigenvalue weighted by molar-refractivity contribution is 0.0696. The van der Waals surface area contributed by atoms with Crippen molar-refractivity contribution in [3.05, 3.63) is 34.4 Å². The summed E-state index contributed by atoms with van der Waals surface area (Å²) in [6.45, 7) is 1.48. The summed E-state index contributed by atoms with van der Waals surface area (Å²) in [5.41, 5.74) is 0.872. The third-order valence-corrected chi connectivity index (χ3v) is 2.48. The van der Waals surface area contributed by atoms with Crippen molar-refractivity contribution in [2.45, 2.75) is 12.7 Å². The Morgan fingerprint density at radius 2 is 1.60 bits per heavy atom. The Bertz CT molecular complexity index is 390. The van der Waals surface area contributed by atoms with Gasteiger partial charge in [-0.2, -0.15) is 12.6 Å². The van der Waals surface area contributed by atoms with Crippen molar-refractivity contribution in [1.82, 2.24) is 0 Å². The normalized spacial score (nSPS) is 10.0. The first-order valence-electron chi connectivity index (χ1n) is 4.18. The van der Waals surface area contributed by atoms with E-state index in [1.54, 1.807) is 0 Å². The molecule has 0 amide bonds. The van der Waals surface area contributed by atoms with Crippen LogP contribution in [-0.4, -0.2) is 22.2 Å². The Balaban J connectivity index is 3.47. The molecule has 5 heteroatoms. The first-order valence-corrected chi connectivity index (χ1v) is 4.81. The van der Waals surface area contributed by atoms with E-state index in [4.69, 9.17) is 10.2 Å². The van der Waals surface area contributed by atoms with Crippen LogP contribution in [0, 0.1) is 6.92 Å². The van der Waals surface area contributed by atoms with E-state index in [1.807, 2.05) is 0 Å². The molecule has 0 radical (unpaired) electrons. The third kappa shape index (κ3) is 2.30. The second kappa shape index (κ2) is 4.35. The monoisotopic (exact) mass is 226 g/mol. The lowest BCUT2D eigenvalue weighted by Crippen LogP contribution is -2.08. The van der Waals surface area contributed by atoms with Crippen LogP contribution in [0.25, 0.3) is 0 Å². The summed E-state index contributed by atoms with van der Waals surface area (Å²) in [5, 5.41) is 17.7. The minimum absolute atomic E-state index is 0.0129. The van der Waals surface area contributed by atoms with Crippen molar-refractivity contribution in [3.63, 3.8) is 0 Å². The van der Waals surface area contributed by atoms with Gasteiger partial charge in [-0.15, -0.1) is 0 Å². The first-order chi connectivity index (χ1) is 6.97. The minimum Gasteiger partial charge on any atom is -0.478 e. The van der Waals surface area contributed by atoms with Gasteiger partial charge in [0.1, 0.15) is 0 Å². The molecule has 15 heavy (non-hydrogen) atoms. The lowest BCUT2D eigenvalue weighted by Gasteiger charge is -2.07. The Morgan fingerprint density at radius 3 is 1.87 bits per heavy atom. The van der Waals surface area contributed by atoms with Crippen LogP contribution in [0.4, 0.5) is 0 Å². The fourth-order valence-electron chi connectivity index (χ4n) is 1.31. The summed E-state index contributed by atoms with van der Waals surface area (Å²) in [5.74, 6) is -1.95. The molecule has 0 aliphatic rings. The molecule has 0 fully saturated rings. The quantitative estimate of drug-likeness (QED) is 0.687. The average Bonchev–Trinajstić information content (AvgIpc) is 2.17. The van der Waals surface area contributed by atoms with E-state index < -0.39 is 11.9 Å². The summed E-state index contributed by atoms with van der Waals surface area (Å²) in [7, 11) is 0. The van der Waals surface area contributed by atoms with E-state index in [1.165, 1.54) is 19.1 Å². The van der Waals surface area contributed by atoms with Crippen LogP contribution in [0.3, 0.4) is 0 Å². The lowest BCUT2D eigenvalue weighted by atomic mass is 9.99. The molecule has 0 aliphatic carbocycles. The maximum atomic E-state index is 10.8. The second-order valence-corrected chi connectivity index (χ2v) is 3.40. The summed E-state index contributed by atoms with van der Waals surface area (Å²) in [4.78, 5) is 21.7. The summed E-state index contributed by atoms with van der Waals surface area (Å²) >= 11 is 3.99. The largest absolute Gasteiger partial charge is 0.478 e. The van der Waals surface area contributed by atoms with Crippen LogP contribution in [-0.2, 0) is 5.75 Å². The van der Waals surface area contributed by atoms with Crippen LogP contribution < -0.4 is 0 Å². The van der Waals surface area contributed by atoms with Crippen LogP contribution >= 0.6 is 12.6 Å². The molecular formula is C10H10O4S. The number of carboxylic acids is 2. The van der Waals surface area contributed by atoms with Crippen LogP contribution in [0.5, 0.6) is 0 Å². The number of carbonyl (C=O) groups is 2. The van der Waals surface area contributed by atoms with Gasteiger partial charge in [0.2, 0.25) is 0 Å². The van der Waals surface area contributed by atoms with E-state index in [9.17, 15) is 9.59 Å². The van der Waals surface area contributed by atoms with Gasteiger partial charge in [0.15, 0.2) is 0 Å². The minimum atomic E-state index is -1.13. The fourth-order valence-corrected chi connectivity index (χ4v) is 1.49. The highest BCUT2D eigenvalue weighted by Crippen LogP contribution is 2.18. The molecule has 0 saturated heterocycles. The maximum absolute atomic E-state index is 10.8. The zero-order valence-electron chi connectivity index (χ0n) is 8.02. The van der Waals surface area contributed by atoms with Gasteiger partial charge in [-0.3, -0.25) is 0 Å². The van der Waals surface area contributed by atoms with Gasteiger partial charge in [0.25, 0.3) is 0 Å². The number of carboxylic acid groups (broad SMARTS) is 2. The van der Waals surface area contributed by atoms with E-state index in [-0.39, 0.29) is 16.7 Å². The number of hydrogen-bond acceptors (Lipinski definition) is 3. The molecule has 0 saturated carbocycles. The standard InChI is InChI=1S/C10H10O4S/c1-5-7(9(11)12)2-6(4-15)3-8(5)10(13)14/h2-3,15H,4H2,1H3,(H,11,12)(H,13,14). The van der Waals surface area contributed by atoms with Gasteiger partial charge >= 0.3 is 11.9 Å². The smallest absolute Gasteiger partial charge is 0.335 e. The summed E-state index contributed by atoms with van der Waals surface area (Å²) < 4.78 is 0. The van der Waals surface area contributed by atoms with Crippen molar-refractivity contribution >= 4 is 24.6 Å². The van der Waals surface area contributed by atoms with Crippen LogP contribution in [0.2, 0.25) is 0 Å². The van der Waals surface area contributed by atoms with Gasteiger partial charge in [-0.1, -0.05) is 0 Å². The topological polar surface area (TPSA) is 74.6 Å². The van der Waals surface area contributed by atoms with Crippen LogP contribution in [0.15, 0.2) is 12.1 Å². The van der Waals surface area contributed by atoms with Crippen molar-refractivity contribution in [3.8, 4) is 0 Å². The molecule has 0 bridgehead atoms. The van der Waals surface area contributed by atoms with Crippen molar-refractivity contribution in [2.75, 3.05) is 0 Å². The average molecular weight is 226 g/mol. The Hall–Kier alpha value is -1.49. The van der Waals surface area contributed by atoms with E-state index in [2.05, 4.69) is 12.6 Å². The van der Waals surface area contributed by atoms with Crippen molar-refractivity contribution in [1.29, 1.82) is 0 Å². The Labute approximate surface area is 92.0 Å². The molecule has 0 heterocycles. The second-order valence-electron chi connectivity index (χ2n) is 3.08. The Morgan fingerprint density at radius 1 is 1.20 bits per heavy atom. The van der Waals surface area contributed by atoms with Crippen molar-refractivity contribution in [2.24, 2.45) is 0 Å².